The normalized spacial score (nSPS) is 10.9. The maximum absolute atomic E-state index is 13.4. The maximum atomic E-state index is 13.4. The van der Waals surface area contributed by atoms with Crippen LogP contribution in [0.2, 0.25) is 0 Å². The molecular formula is C26H24N6O2. The van der Waals surface area contributed by atoms with Crippen molar-refractivity contribution in [2.75, 3.05) is 5.32 Å². The van der Waals surface area contributed by atoms with E-state index in [-0.39, 0.29) is 17.5 Å². The number of fused-ring (bicyclic) bond motifs is 1. The monoisotopic (exact) mass is 452 g/mol. The van der Waals surface area contributed by atoms with E-state index in [0.717, 1.165) is 17.0 Å². The molecule has 0 aliphatic heterocycles. The predicted molar refractivity (Wildman–Crippen MR) is 130 cm³/mol. The van der Waals surface area contributed by atoms with Crippen molar-refractivity contribution < 1.29 is 9.59 Å². The van der Waals surface area contributed by atoms with E-state index >= 15 is 0 Å². The van der Waals surface area contributed by atoms with Crippen molar-refractivity contribution in [2.45, 2.75) is 33.2 Å². The Kier molecular flexibility index (Phi) is 6.11. The Morgan fingerprint density at radius 2 is 1.85 bits per heavy atom. The van der Waals surface area contributed by atoms with Crippen LogP contribution < -0.4 is 11.1 Å². The molecule has 34 heavy (non-hydrogen) atoms. The number of nitrogens with zero attached hydrogens (tertiary/aromatic N) is 4. The number of amides is 2. The molecule has 0 saturated carbocycles. The second-order valence-electron chi connectivity index (χ2n) is 8.36. The SMILES string of the molecule is Cc1c(NC(=O)c2cc(C(N)=O)nc3ccccc23)c(C(C)C)nn1Cc1ccc(C#N)cc1. The van der Waals surface area contributed by atoms with Crippen LogP contribution in [0.4, 0.5) is 5.69 Å². The van der Waals surface area contributed by atoms with Crippen molar-refractivity contribution in [2.24, 2.45) is 5.73 Å². The van der Waals surface area contributed by atoms with Gasteiger partial charge in [0.1, 0.15) is 5.69 Å². The minimum Gasteiger partial charge on any atom is -0.364 e. The van der Waals surface area contributed by atoms with Crippen molar-refractivity contribution in [1.82, 2.24) is 14.8 Å². The average Bonchev–Trinajstić information content (AvgIpc) is 3.13. The number of nitriles is 1. The summed E-state index contributed by atoms with van der Waals surface area (Å²) in [6.07, 6.45) is 0. The maximum Gasteiger partial charge on any atom is 0.267 e. The third-order valence-electron chi connectivity index (χ3n) is 5.65. The van der Waals surface area contributed by atoms with E-state index in [1.54, 1.807) is 30.3 Å². The Bertz CT molecular complexity index is 1440. The standard InChI is InChI=1S/C26H24N6O2/c1-15(2)23-24(16(3)32(31-23)14-18-10-8-17(13-27)9-11-18)30-26(34)20-12-22(25(28)33)29-21-7-5-4-6-19(20)21/h4-12,15H,14H2,1-3H3,(H2,28,33)(H,30,34). The lowest BCUT2D eigenvalue weighted by atomic mass is 10.1. The first-order valence-corrected chi connectivity index (χ1v) is 10.9. The lowest BCUT2D eigenvalue weighted by Crippen LogP contribution is -2.18. The molecule has 2 aromatic heterocycles. The molecule has 2 amide bonds. The van der Waals surface area contributed by atoms with Gasteiger partial charge < -0.3 is 11.1 Å². The Morgan fingerprint density at radius 1 is 1.15 bits per heavy atom. The van der Waals surface area contributed by atoms with Crippen LogP contribution in [0, 0.1) is 18.3 Å². The highest BCUT2D eigenvalue weighted by atomic mass is 16.2. The van der Waals surface area contributed by atoms with Crippen molar-refractivity contribution in [1.29, 1.82) is 5.26 Å². The summed E-state index contributed by atoms with van der Waals surface area (Å²) in [6, 6.07) is 18.0. The number of para-hydroxylation sites is 1. The number of anilines is 1. The first-order valence-electron chi connectivity index (χ1n) is 10.9. The van der Waals surface area contributed by atoms with E-state index < -0.39 is 5.91 Å². The smallest absolute Gasteiger partial charge is 0.267 e. The topological polar surface area (TPSA) is 127 Å². The van der Waals surface area contributed by atoms with Gasteiger partial charge in [0.2, 0.25) is 0 Å². The van der Waals surface area contributed by atoms with Gasteiger partial charge in [-0.1, -0.05) is 44.2 Å². The summed E-state index contributed by atoms with van der Waals surface area (Å²) in [6.45, 7) is 6.42. The molecule has 0 saturated heterocycles. The number of rotatable bonds is 6. The van der Waals surface area contributed by atoms with Crippen LogP contribution in [-0.2, 0) is 6.54 Å². The van der Waals surface area contributed by atoms with Gasteiger partial charge in [0.05, 0.1) is 46.3 Å². The van der Waals surface area contributed by atoms with Gasteiger partial charge in [0, 0.05) is 5.39 Å². The zero-order chi connectivity index (χ0) is 24.4. The lowest BCUT2D eigenvalue weighted by molar-refractivity contribution is 0.0996. The molecule has 0 aliphatic rings. The van der Waals surface area contributed by atoms with Crippen LogP contribution in [0.25, 0.3) is 10.9 Å². The minimum atomic E-state index is -0.700. The number of carbonyl (C=O) groups is 2. The highest BCUT2D eigenvalue weighted by Gasteiger charge is 2.22. The molecule has 0 atom stereocenters. The molecule has 4 rings (SSSR count). The molecule has 0 bridgehead atoms. The van der Waals surface area contributed by atoms with E-state index in [9.17, 15) is 9.59 Å². The zero-order valence-electron chi connectivity index (χ0n) is 19.2. The summed E-state index contributed by atoms with van der Waals surface area (Å²) in [5, 5.41) is 17.4. The van der Waals surface area contributed by atoms with Gasteiger partial charge in [0.15, 0.2) is 0 Å². The van der Waals surface area contributed by atoms with Gasteiger partial charge in [-0.25, -0.2) is 4.98 Å². The summed E-state index contributed by atoms with van der Waals surface area (Å²) in [7, 11) is 0. The second-order valence-corrected chi connectivity index (χ2v) is 8.36. The average molecular weight is 453 g/mol. The van der Waals surface area contributed by atoms with Crippen LogP contribution in [0.1, 0.15) is 63.1 Å². The summed E-state index contributed by atoms with van der Waals surface area (Å²) < 4.78 is 1.84. The molecule has 2 aromatic carbocycles. The second kappa shape index (κ2) is 9.16. The van der Waals surface area contributed by atoms with Gasteiger partial charge >= 0.3 is 0 Å². The largest absolute Gasteiger partial charge is 0.364 e. The first-order chi connectivity index (χ1) is 16.3. The van der Waals surface area contributed by atoms with E-state index in [0.29, 0.717) is 34.3 Å². The number of pyridine rings is 1. The number of benzene rings is 2. The number of nitrogens with one attached hydrogen (secondary N) is 1. The molecule has 0 aliphatic carbocycles. The lowest BCUT2D eigenvalue weighted by Gasteiger charge is -2.11. The van der Waals surface area contributed by atoms with Crippen molar-refractivity contribution >= 4 is 28.4 Å². The zero-order valence-corrected chi connectivity index (χ0v) is 19.2. The Balaban J connectivity index is 1.72. The molecule has 2 heterocycles. The fourth-order valence-corrected chi connectivity index (χ4v) is 3.81. The van der Waals surface area contributed by atoms with Crippen LogP contribution in [0.5, 0.6) is 0 Å². The number of hydrogen-bond acceptors (Lipinski definition) is 5. The number of hydrogen-bond donors (Lipinski definition) is 2. The van der Waals surface area contributed by atoms with Crippen LogP contribution >= 0.6 is 0 Å². The van der Waals surface area contributed by atoms with Crippen LogP contribution in [0.3, 0.4) is 0 Å². The van der Waals surface area contributed by atoms with Crippen molar-refractivity contribution in [3.8, 4) is 6.07 Å². The molecule has 3 N–H and O–H groups in total. The number of carbonyl (C=O) groups excluding carboxylic acids is 2. The Hall–Kier alpha value is -4.51. The number of aromatic nitrogens is 3. The molecule has 0 spiro atoms. The van der Waals surface area contributed by atoms with Crippen molar-refractivity contribution in [3.63, 3.8) is 0 Å². The third-order valence-corrected chi connectivity index (χ3v) is 5.65. The first kappa shape index (κ1) is 22.7. The molecule has 4 aromatic rings. The summed E-state index contributed by atoms with van der Waals surface area (Å²) in [5.74, 6) is -1.01. The van der Waals surface area contributed by atoms with E-state index in [2.05, 4.69) is 16.4 Å². The summed E-state index contributed by atoms with van der Waals surface area (Å²) in [4.78, 5) is 29.5. The van der Waals surface area contributed by atoms with Gasteiger partial charge in [-0.3, -0.25) is 14.3 Å². The van der Waals surface area contributed by atoms with Gasteiger partial charge in [-0.2, -0.15) is 10.4 Å². The molecule has 0 unspecified atom stereocenters. The molecule has 8 nitrogen and oxygen atoms in total. The third kappa shape index (κ3) is 4.36. The molecule has 0 fully saturated rings. The van der Waals surface area contributed by atoms with Gasteiger partial charge in [-0.15, -0.1) is 0 Å². The van der Waals surface area contributed by atoms with Crippen LogP contribution in [-0.4, -0.2) is 26.6 Å². The molecule has 0 radical (unpaired) electrons. The molecular weight excluding hydrogens is 428 g/mol. The summed E-state index contributed by atoms with van der Waals surface area (Å²) >= 11 is 0. The highest BCUT2D eigenvalue weighted by molar-refractivity contribution is 6.14. The summed E-state index contributed by atoms with van der Waals surface area (Å²) in [5.41, 5.74) is 10.1. The van der Waals surface area contributed by atoms with E-state index in [4.69, 9.17) is 16.1 Å². The number of primary amides is 1. The fraction of sp³-hybridized carbons (Fsp3) is 0.192. The minimum absolute atomic E-state index is 0.0289. The highest BCUT2D eigenvalue weighted by Crippen LogP contribution is 2.29. The number of nitrogens with two attached hydrogens (primary N) is 1. The van der Waals surface area contributed by atoms with E-state index in [1.807, 2.05) is 43.7 Å². The molecule has 8 heteroatoms. The van der Waals surface area contributed by atoms with Gasteiger partial charge in [-0.05, 0) is 42.7 Å². The Labute approximate surface area is 197 Å². The quantitative estimate of drug-likeness (QED) is 0.455. The predicted octanol–water partition coefficient (Wildman–Crippen LogP) is 4.13. The molecule has 170 valence electrons. The Morgan fingerprint density at radius 3 is 2.50 bits per heavy atom. The van der Waals surface area contributed by atoms with E-state index in [1.165, 1.54) is 6.07 Å². The van der Waals surface area contributed by atoms with Crippen LogP contribution in [0.15, 0.2) is 54.6 Å². The van der Waals surface area contributed by atoms with Gasteiger partial charge in [0.25, 0.3) is 11.8 Å². The fourth-order valence-electron chi connectivity index (χ4n) is 3.81. The van der Waals surface area contributed by atoms with Crippen molar-refractivity contribution in [3.05, 3.63) is 88.4 Å².